The topological polar surface area (TPSA) is 106 Å². The Morgan fingerprint density at radius 3 is 2.76 bits per heavy atom. The Labute approximate surface area is 235 Å². The molecule has 9 nitrogen and oxygen atoms in total. The number of halogens is 1. The molecule has 1 saturated heterocycles. The molecule has 3 aromatic rings. The number of rotatable bonds is 10. The molecule has 206 valence electrons. The zero-order chi connectivity index (χ0) is 27.7. The molecule has 1 aliphatic heterocycles. The number of benzene rings is 1. The number of carbonyl (C=O) groups is 2. The van der Waals surface area contributed by atoms with Crippen LogP contribution in [0.5, 0.6) is 0 Å². The van der Waals surface area contributed by atoms with Gasteiger partial charge in [0.05, 0.1) is 44.5 Å². The molecule has 3 heterocycles. The van der Waals surface area contributed by atoms with Crippen LogP contribution in [0.1, 0.15) is 37.9 Å². The van der Waals surface area contributed by atoms with E-state index in [1.165, 1.54) is 22.8 Å². The standard InChI is InChI=1S/C25H30ClN3O6S3/c1-5-35-23(31)10-25(2,3)20-15-36-21(27-20)12-29-18(14-34-4)11-28(13-22(29)30)38(32,33)24-8-16-6-7-17(26)9-19(16)37-24/h6-9,15,18H,5,10-14H2,1-4H3. The van der Waals surface area contributed by atoms with Gasteiger partial charge in [0.2, 0.25) is 5.91 Å². The minimum Gasteiger partial charge on any atom is -0.466 e. The predicted octanol–water partition coefficient (Wildman–Crippen LogP) is 4.29. The van der Waals surface area contributed by atoms with Crippen LogP contribution in [0.3, 0.4) is 0 Å². The van der Waals surface area contributed by atoms with Crippen molar-refractivity contribution in [1.82, 2.24) is 14.2 Å². The molecule has 1 aliphatic rings. The van der Waals surface area contributed by atoms with E-state index < -0.39 is 21.5 Å². The van der Waals surface area contributed by atoms with Crippen LogP contribution < -0.4 is 0 Å². The van der Waals surface area contributed by atoms with Crippen LogP contribution in [0.4, 0.5) is 0 Å². The van der Waals surface area contributed by atoms with Gasteiger partial charge in [-0.2, -0.15) is 4.31 Å². The van der Waals surface area contributed by atoms with E-state index in [1.54, 1.807) is 36.1 Å². The highest BCUT2D eigenvalue weighted by Crippen LogP contribution is 2.34. The Morgan fingerprint density at radius 1 is 1.29 bits per heavy atom. The second-order valence-electron chi connectivity index (χ2n) is 9.67. The van der Waals surface area contributed by atoms with Gasteiger partial charge in [0.1, 0.15) is 9.22 Å². The van der Waals surface area contributed by atoms with Crippen LogP contribution in [-0.2, 0) is 41.0 Å². The molecule has 0 spiro atoms. The number of esters is 1. The smallest absolute Gasteiger partial charge is 0.306 e. The first kappa shape index (κ1) is 28.9. The molecule has 0 radical (unpaired) electrons. The molecule has 4 rings (SSSR count). The van der Waals surface area contributed by atoms with Gasteiger partial charge in [0.15, 0.2) is 0 Å². The van der Waals surface area contributed by atoms with Crippen molar-refractivity contribution in [3.05, 3.63) is 45.4 Å². The molecule has 0 aliphatic carbocycles. The Bertz CT molecular complexity index is 1430. The van der Waals surface area contributed by atoms with E-state index in [1.807, 2.05) is 19.2 Å². The molecule has 1 amide bonds. The summed E-state index contributed by atoms with van der Waals surface area (Å²) in [7, 11) is -2.38. The summed E-state index contributed by atoms with van der Waals surface area (Å²) in [5, 5.41) is 3.89. The van der Waals surface area contributed by atoms with E-state index in [9.17, 15) is 18.0 Å². The van der Waals surface area contributed by atoms with E-state index in [0.717, 1.165) is 27.1 Å². The van der Waals surface area contributed by atoms with E-state index in [-0.39, 0.29) is 48.7 Å². The van der Waals surface area contributed by atoms with Gasteiger partial charge in [-0.05, 0) is 30.5 Å². The highest BCUT2D eigenvalue weighted by molar-refractivity contribution is 7.91. The second-order valence-corrected chi connectivity index (χ2v) is 14.3. The fourth-order valence-corrected chi connectivity index (χ4v) is 8.56. The maximum Gasteiger partial charge on any atom is 0.306 e. The van der Waals surface area contributed by atoms with Crippen LogP contribution >= 0.6 is 34.3 Å². The van der Waals surface area contributed by atoms with Gasteiger partial charge in [-0.3, -0.25) is 9.59 Å². The minimum atomic E-state index is -3.90. The van der Waals surface area contributed by atoms with Crippen molar-refractivity contribution >= 4 is 66.3 Å². The highest BCUT2D eigenvalue weighted by atomic mass is 35.5. The number of carbonyl (C=O) groups excluding carboxylic acids is 2. The molecule has 2 aromatic heterocycles. The number of nitrogens with zero attached hydrogens (tertiary/aromatic N) is 3. The molecule has 0 saturated carbocycles. The lowest BCUT2D eigenvalue weighted by Gasteiger charge is -2.39. The number of piperazine rings is 1. The largest absolute Gasteiger partial charge is 0.466 e. The number of thiazole rings is 1. The molecular formula is C25H30ClN3O6S3. The lowest BCUT2D eigenvalue weighted by atomic mass is 9.86. The fraction of sp³-hybridized carbons (Fsp3) is 0.480. The third-order valence-corrected chi connectivity index (χ3v) is 10.8. The first-order valence-electron chi connectivity index (χ1n) is 12.0. The van der Waals surface area contributed by atoms with Crippen molar-refractivity contribution in [1.29, 1.82) is 0 Å². The molecule has 0 bridgehead atoms. The quantitative estimate of drug-likeness (QED) is 0.320. The Morgan fingerprint density at radius 2 is 2.05 bits per heavy atom. The van der Waals surface area contributed by atoms with Crippen LogP contribution in [-0.4, -0.2) is 73.9 Å². The molecule has 1 fully saturated rings. The van der Waals surface area contributed by atoms with Crippen LogP contribution in [0.25, 0.3) is 10.1 Å². The molecule has 38 heavy (non-hydrogen) atoms. The molecule has 1 aromatic carbocycles. The highest BCUT2D eigenvalue weighted by Gasteiger charge is 2.40. The zero-order valence-electron chi connectivity index (χ0n) is 21.6. The van der Waals surface area contributed by atoms with E-state index in [4.69, 9.17) is 26.1 Å². The Balaban J connectivity index is 1.51. The van der Waals surface area contributed by atoms with Crippen LogP contribution in [0.2, 0.25) is 5.02 Å². The minimum absolute atomic E-state index is 0.101. The summed E-state index contributed by atoms with van der Waals surface area (Å²) in [6, 6.07) is 6.35. The summed E-state index contributed by atoms with van der Waals surface area (Å²) in [6.07, 6.45) is 0.190. The zero-order valence-corrected chi connectivity index (χ0v) is 24.8. The number of hydrogen-bond donors (Lipinski definition) is 0. The van der Waals surface area contributed by atoms with Gasteiger partial charge >= 0.3 is 5.97 Å². The van der Waals surface area contributed by atoms with Crippen LogP contribution in [0.15, 0.2) is 33.9 Å². The number of amides is 1. The van der Waals surface area contributed by atoms with Crippen molar-refractivity contribution < 1.29 is 27.5 Å². The third kappa shape index (κ3) is 6.21. The summed E-state index contributed by atoms with van der Waals surface area (Å²) in [5.74, 6) is -0.616. The number of methoxy groups -OCH3 is 1. The van der Waals surface area contributed by atoms with Gasteiger partial charge in [0, 0.05) is 34.2 Å². The van der Waals surface area contributed by atoms with Crippen LogP contribution in [0, 0.1) is 0 Å². The lowest BCUT2D eigenvalue weighted by molar-refractivity contribution is -0.144. The van der Waals surface area contributed by atoms with Crippen molar-refractivity contribution in [2.24, 2.45) is 0 Å². The van der Waals surface area contributed by atoms with Crippen molar-refractivity contribution in [2.45, 2.75) is 49.4 Å². The van der Waals surface area contributed by atoms with Gasteiger partial charge in [-0.1, -0.05) is 31.5 Å². The molecule has 1 atom stereocenters. The summed E-state index contributed by atoms with van der Waals surface area (Å²) >= 11 is 8.60. The number of aromatic nitrogens is 1. The third-order valence-electron chi connectivity index (χ3n) is 6.34. The number of hydrogen-bond acceptors (Lipinski definition) is 9. The maximum absolute atomic E-state index is 13.5. The van der Waals surface area contributed by atoms with Crippen molar-refractivity contribution in [2.75, 3.05) is 33.4 Å². The van der Waals surface area contributed by atoms with Gasteiger partial charge in [0.25, 0.3) is 10.0 Å². The normalized spacial score (nSPS) is 17.3. The van der Waals surface area contributed by atoms with E-state index >= 15 is 0 Å². The van der Waals surface area contributed by atoms with Crippen molar-refractivity contribution in [3.63, 3.8) is 0 Å². The van der Waals surface area contributed by atoms with E-state index in [2.05, 4.69) is 0 Å². The van der Waals surface area contributed by atoms with Gasteiger partial charge in [-0.25, -0.2) is 13.4 Å². The first-order chi connectivity index (χ1) is 17.9. The number of thiophene rings is 1. The SMILES string of the molecule is CCOC(=O)CC(C)(C)c1csc(CN2C(=O)CN(S(=O)(=O)c3cc4ccc(Cl)cc4s3)CC2COC)n1. The average Bonchev–Trinajstić information content (AvgIpc) is 3.48. The number of fused-ring (bicyclic) bond motifs is 1. The molecular weight excluding hydrogens is 570 g/mol. The van der Waals surface area contributed by atoms with Gasteiger partial charge < -0.3 is 14.4 Å². The summed E-state index contributed by atoms with van der Waals surface area (Å²) < 4.78 is 39.6. The number of sulfonamides is 1. The second kappa shape index (κ2) is 11.6. The average molecular weight is 600 g/mol. The van der Waals surface area contributed by atoms with Crippen molar-refractivity contribution in [3.8, 4) is 0 Å². The first-order valence-corrected chi connectivity index (χ1v) is 15.5. The fourth-order valence-electron chi connectivity index (χ4n) is 4.32. The molecule has 13 heteroatoms. The molecule has 0 N–H and O–H groups in total. The molecule has 1 unspecified atom stereocenters. The summed E-state index contributed by atoms with van der Waals surface area (Å²) in [6.45, 7) is 6.16. The monoisotopic (exact) mass is 599 g/mol. The summed E-state index contributed by atoms with van der Waals surface area (Å²) in [4.78, 5) is 31.6. The van der Waals surface area contributed by atoms with Gasteiger partial charge in [-0.15, -0.1) is 22.7 Å². The Kier molecular flexibility index (Phi) is 8.80. The number of ether oxygens (including phenoxy) is 2. The lowest BCUT2D eigenvalue weighted by Crippen LogP contribution is -2.58. The predicted molar refractivity (Wildman–Crippen MR) is 148 cm³/mol. The van der Waals surface area contributed by atoms with E-state index in [0.29, 0.717) is 16.6 Å². The summed E-state index contributed by atoms with van der Waals surface area (Å²) in [5.41, 5.74) is 0.213. The Hall–Kier alpha value is -2.09. The maximum atomic E-state index is 13.5.